The van der Waals surface area contributed by atoms with Gasteiger partial charge in [-0.15, -0.1) is 0 Å². The molecule has 0 radical (unpaired) electrons. The monoisotopic (exact) mass is 404 g/mol. The lowest BCUT2D eigenvalue weighted by molar-refractivity contribution is -0.119. The van der Waals surface area contributed by atoms with Gasteiger partial charge < -0.3 is 15.7 Å². The lowest BCUT2D eigenvalue weighted by Crippen LogP contribution is -2.23. The quantitative estimate of drug-likeness (QED) is 0.678. The van der Waals surface area contributed by atoms with Crippen molar-refractivity contribution < 1.29 is 14.7 Å². The van der Waals surface area contributed by atoms with Crippen molar-refractivity contribution in [1.29, 1.82) is 0 Å². The van der Waals surface area contributed by atoms with Crippen molar-refractivity contribution in [2.45, 2.75) is 26.8 Å². The number of benzene rings is 2. The van der Waals surface area contributed by atoms with Gasteiger partial charge in [-0.3, -0.25) is 9.59 Å². The van der Waals surface area contributed by atoms with Crippen molar-refractivity contribution in [3.63, 3.8) is 0 Å². The summed E-state index contributed by atoms with van der Waals surface area (Å²) in [5.41, 5.74) is 1.75. The van der Waals surface area contributed by atoms with E-state index in [1.807, 2.05) is 38.1 Å². The molecule has 0 aliphatic rings. The summed E-state index contributed by atoms with van der Waals surface area (Å²) in [6, 6.07) is 12.0. The van der Waals surface area contributed by atoms with E-state index >= 15 is 0 Å². The molecule has 1 unspecified atom stereocenters. The second kappa shape index (κ2) is 8.67. The smallest absolute Gasteiger partial charge is 0.255 e. The topological polar surface area (TPSA) is 78.4 Å². The van der Waals surface area contributed by atoms with Crippen molar-refractivity contribution in [3.05, 3.63) is 58.1 Å². The van der Waals surface area contributed by atoms with Crippen LogP contribution in [0.15, 0.2) is 46.9 Å². The van der Waals surface area contributed by atoms with Gasteiger partial charge >= 0.3 is 0 Å². The van der Waals surface area contributed by atoms with E-state index in [-0.39, 0.29) is 35.6 Å². The van der Waals surface area contributed by atoms with Crippen LogP contribution in [-0.4, -0.2) is 16.9 Å². The lowest BCUT2D eigenvalue weighted by atomic mass is 10.1. The molecule has 0 spiro atoms. The second-order valence-corrected chi connectivity index (χ2v) is 6.76. The summed E-state index contributed by atoms with van der Waals surface area (Å²) in [7, 11) is 0. The molecule has 0 saturated carbocycles. The molecule has 2 aromatic carbocycles. The number of phenolic OH excluding ortho intramolecular Hbond substituents is 1. The highest BCUT2D eigenvalue weighted by Gasteiger charge is 2.12. The average Bonchev–Trinajstić information content (AvgIpc) is 2.61. The Labute approximate surface area is 155 Å². The van der Waals surface area contributed by atoms with Crippen LogP contribution in [-0.2, 0) is 11.3 Å². The molecule has 0 saturated heterocycles. The third-order valence-corrected chi connectivity index (χ3v) is 4.40. The number of phenols is 1. The van der Waals surface area contributed by atoms with Gasteiger partial charge in [0.2, 0.25) is 5.91 Å². The summed E-state index contributed by atoms with van der Waals surface area (Å²) in [6.45, 7) is 4.13. The SMILES string of the molecule is CCC(C)C(=O)Nc1cccc(CNC(=O)c2cc(Br)ccc2O)c1. The van der Waals surface area contributed by atoms with Crippen molar-refractivity contribution >= 4 is 33.4 Å². The van der Waals surface area contributed by atoms with Gasteiger partial charge in [0.05, 0.1) is 5.56 Å². The van der Waals surface area contributed by atoms with Crippen molar-refractivity contribution in [1.82, 2.24) is 5.32 Å². The molecule has 5 nitrogen and oxygen atoms in total. The first kappa shape index (κ1) is 19.0. The number of carbonyl (C=O) groups excluding carboxylic acids is 2. The Hall–Kier alpha value is -2.34. The van der Waals surface area contributed by atoms with Crippen LogP contribution in [0, 0.1) is 5.92 Å². The van der Waals surface area contributed by atoms with E-state index in [2.05, 4.69) is 26.6 Å². The fraction of sp³-hybridized carbons (Fsp3) is 0.263. The molecule has 3 N–H and O–H groups in total. The molecule has 6 heteroatoms. The van der Waals surface area contributed by atoms with Gasteiger partial charge in [0, 0.05) is 22.6 Å². The molecule has 25 heavy (non-hydrogen) atoms. The molecule has 0 aliphatic heterocycles. The number of carbonyl (C=O) groups is 2. The fourth-order valence-electron chi connectivity index (χ4n) is 2.18. The predicted octanol–water partition coefficient (Wildman–Crippen LogP) is 4.07. The largest absolute Gasteiger partial charge is 0.507 e. The zero-order chi connectivity index (χ0) is 18.4. The fourth-order valence-corrected chi connectivity index (χ4v) is 2.54. The van der Waals surface area contributed by atoms with Gasteiger partial charge in [-0.1, -0.05) is 41.9 Å². The van der Waals surface area contributed by atoms with Crippen LogP contribution in [0.4, 0.5) is 5.69 Å². The maximum Gasteiger partial charge on any atom is 0.255 e. The molecule has 2 amide bonds. The number of nitrogens with one attached hydrogen (secondary N) is 2. The van der Waals surface area contributed by atoms with E-state index in [4.69, 9.17) is 0 Å². The van der Waals surface area contributed by atoms with Crippen LogP contribution >= 0.6 is 15.9 Å². The third-order valence-electron chi connectivity index (χ3n) is 3.91. The summed E-state index contributed by atoms with van der Waals surface area (Å²) in [4.78, 5) is 24.2. The highest BCUT2D eigenvalue weighted by atomic mass is 79.9. The minimum Gasteiger partial charge on any atom is -0.507 e. The molecule has 0 fully saturated rings. The molecule has 2 rings (SSSR count). The van der Waals surface area contributed by atoms with Crippen LogP contribution in [0.5, 0.6) is 5.75 Å². The number of hydrogen-bond acceptors (Lipinski definition) is 3. The van der Waals surface area contributed by atoms with E-state index < -0.39 is 0 Å². The number of rotatable bonds is 6. The molecule has 1 atom stereocenters. The minimum absolute atomic E-state index is 0.0252. The van der Waals surface area contributed by atoms with Crippen molar-refractivity contribution in [2.75, 3.05) is 5.32 Å². The van der Waals surface area contributed by atoms with Crippen molar-refractivity contribution in [3.8, 4) is 5.75 Å². The maximum absolute atomic E-state index is 12.2. The second-order valence-electron chi connectivity index (χ2n) is 5.84. The Morgan fingerprint density at radius 1 is 1.20 bits per heavy atom. The van der Waals surface area contributed by atoms with Crippen LogP contribution in [0.2, 0.25) is 0 Å². The van der Waals surface area contributed by atoms with E-state index in [1.54, 1.807) is 12.1 Å². The van der Waals surface area contributed by atoms with Crippen LogP contribution < -0.4 is 10.6 Å². The molecule has 2 aromatic rings. The predicted molar refractivity (Wildman–Crippen MR) is 102 cm³/mol. The summed E-state index contributed by atoms with van der Waals surface area (Å²) in [6.07, 6.45) is 0.776. The first-order chi connectivity index (χ1) is 11.9. The summed E-state index contributed by atoms with van der Waals surface area (Å²) < 4.78 is 0.713. The average molecular weight is 405 g/mol. The standard InChI is InChI=1S/C19H21BrN2O3/c1-3-12(2)18(24)22-15-6-4-5-13(9-15)11-21-19(25)16-10-14(20)7-8-17(16)23/h4-10,12,23H,3,11H2,1-2H3,(H,21,25)(H,22,24). The van der Waals surface area contributed by atoms with Crippen LogP contribution in [0.25, 0.3) is 0 Å². The lowest BCUT2D eigenvalue weighted by Gasteiger charge is -2.12. The molecule has 0 aliphatic carbocycles. The van der Waals surface area contributed by atoms with E-state index in [1.165, 1.54) is 6.07 Å². The van der Waals surface area contributed by atoms with Crippen LogP contribution in [0.3, 0.4) is 0 Å². The first-order valence-electron chi connectivity index (χ1n) is 8.07. The van der Waals surface area contributed by atoms with E-state index in [9.17, 15) is 14.7 Å². The summed E-state index contributed by atoms with van der Waals surface area (Å²) in [5, 5.41) is 15.4. The highest BCUT2D eigenvalue weighted by Crippen LogP contribution is 2.22. The van der Waals surface area contributed by atoms with Gasteiger partial charge in [0.25, 0.3) is 5.91 Å². The number of amides is 2. The Bertz CT molecular complexity index is 777. The Morgan fingerprint density at radius 2 is 1.96 bits per heavy atom. The number of aromatic hydroxyl groups is 1. The van der Waals surface area contributed by atoms with E-state index in [0.29, 0.717) is 10.2 Å². The first-order valence-corrected chi connectivity index (χ1v) is 8.86. The van der Waals surface area contributed by atoms with Gasteiger partial charge in [-0.2, -0.15) is 0 Å². The van der Waals surface area contributed by atoms with Gasteiger partial charge in [-0.05, 0) is 42.3 Å². The molecule has 0 bridgehead atoms. The molecular formula is C19H21BrN2O3. The molecule has 0 aromatic heterocycles. The Morgan fingerprint density at radius 3 is 2.68 bits per heavy atom. The molecular weight excluding hydrogens is 384 g/mol. The zero-order valence-electron chi connectivity index (χ0n) is 14.2. The Kier molecular flexibility index (Phi) is 6.58. The zero-order valence-corrected chi connectivity index (χ0v) is 15.8. The Balaban J connectivity index is 2.01. The summed E-state index contributed by atoms with van der Waals surface area (Å²) >= 11 is 3.28. The van der Waals surface area contributed by atoms with Crippen LogP contribution in [0.1, 0.15) is 36.2 Å². The number of anilines is 1. The minimum atomic E-state index is -0.368. The van der Waals surface area contributed by atoms with Gasteiger partial charge in [-0.25, -0.2) is 0 Å². The van der Waals surface area contributed by atoms with Gasteiger partial charge in [0.1, 0.15) is 5.75 Å². The number of halogens is 1. The van der Waals surface area contributed by atoms with Gasteiger partial charge in [0.15, 0.2) is 0 Å². The highest BCUT2D eigenvalue weighted by molar-refractivity contribution is 9.10. The normalized spacial score (nSPS) is 11.6. The number of hydrogen-bond donors (Lipinski definition) is 3. The third kappa shape index (κ3) is 5.32. The summed E-state index contributed by atoms with van der Waals surface area (Å²) in [5.74, 6) is -0.520. The maximum atomic E-state index is 12.2. The van der Waals surface area contributed by atoms with E-state index in [0.717, 1.165) is 12.0 Å². The molecule has 0 heterocycles. The van der Waals surface area contributed by atoms with Crippen molar-refractivity contribution in [2.24, 2.45) is 5.92 Å². The molecule has 132 valence electrons.